The smallest absolute Gasteiger partial charge is 0.0992 e. The van der Waals surface area contributed by atoms with Crippen molar-refractivity contribution in [2.75, 3.05) is 11.1 Å². The van der Waals surface area contributed by atoms with Gasteiger partial charge in [0, 0.05) is 5.69 Å². The van der Waals surface area contributed by atoms with E-state index in [1.807, 2.05) is 6.07 Å². The molecule has 0 bridgehead atoms. The topological polar surface area (TPSA) is 61.8 Å². The highest BCUT2D eigenvalue weighted by Gasteiger charge is 2.08. The van der Waals surface area contributed by atoms with Gasteiger partial charge >= 0.3 is 0 Å². The highest BCUT2D eigenvalue weighted by Crippen LogP contribution is 2.29. The Labute approximate surface area is 120 Å². The monoisotopic (exact) mass is 265 g/mol. The van der Waals surface area contributed by atoms with Crippen molar-refractivity contribution in [1.29, 1.82) is 5.26 Å². The van der Waals surface area contributed by atoms with Gasteiger partial charge in [0.1, 0.15) is 0 Å². The Balaban J connectivity index is 2.42. The second-order valence-electron chi connectivity index (χ2n) is 4.70. The predicted octanol–water partition coefficient (Wildman–Crippen LogP) is 4.01. The van der Waals surface area contributed by atoms with E-state index >= 15 is 0 Å². The summed E-state index contributed by atoms with van der Waals surface area (Å²) >= 11 is 0. The van der Waals surface area contributed by atoms with Crippen LogP contribution in [0.2, 0.25) is 0 Å². The van der Waals surface area contributed by atoms with Gasteiger partial charge in [-0.05, 0) is 42.2 Å². The van der Waals surface area contributed by atoms with Crippen LogP contribution in [-0.2, 0) is 12.8 Å². The molecule has 0 atom stereocenters. The fourth-order valence-electron chi connectivity index (χ4n) is 2.28. The summed E-state index contributed by atoms with van der Waals surface area (Å²) < 4.78 is 0. The van der Waals surface area contributed by atoms with Crippen LogP contribution in [0.3, 0.4) is 0 Å². The summed E-state index contributed by atoms with van der Waals surface area (Å²) in [6.07, 6.45) is 1.93. The summed E-state index contributed by atoms with van der Waals surface area (Å²) in [6.45, 7) is 4.28. The Hall–Kier alpha value is -2.47. The van der Waals surface area contributed by atoms with Crippen molar-refractivity contribution in [3.63, 3.8) is 0 Å². The number of anilines is 3. The summed E-state index contributed by atoms with van der Waals surface area (Å²) in [7, 11) is 0. The fraction of sp³-hybridized carbons (Fsp3) is 0.235. The molecule has 20 heavy (non-hydrogen) atoms. The lowest BCUT2D eigenvalue weighted by molar-refractivity contribution is 1.09. The first kappa shape index (κ1) is 14.0. The number of hydrogen-bond acceptors (Lipinski definition) is 3. The third-order valence-electron chi connectivity index (χ3n) is 3.44. The number of nitrogens with one attached hydrogen (secondary N) is 1. The van der Waals surface area contributed by atoms with Crippen molar-refractivity contribution in [3.05, 3.63) is 53.1 Å². The van der Waals surface area contributed by atoms with Crippen LogP contribution in [0, 0.1) is 11.3 Å². The molecule has 2 aromatic rings. The number of rotatable bonds is 4. The maximum atomic E-state index is 8.88. The molecule has 2 rings (SSSR count). The molecule has 0 heterocycles. The van der Waals surface area contributed by atoms with Crippen molar-refractivity contribution in [1.82, 2.24) is 0 Å². The molecule has 0 aliphatic heterocycles. The molecule has 0 saturated heterocycles. The molecule has 3 heteroatoms. The summed E-state index contributed by atoms with van der Waals surface area (Å²) in [5.41, 5.74) is 11.7. The maximum Gasteiger partial charge on any atom is 0.0992 e. The quantitative estimate of drug-likeness (QED) is 0.821. The van der Waals surface area contributed by atoms with Gasteiger partial charge in [0.25, 0.3) is 0 Å². The first-order valence-electron chi connectivity index (χ1n) is 6.87. The molecule has 0 unspecified atom stereocenters. The zero-order valence-electron chi connectivity index (χ0n) is 11.9. The molecule has 0 aliphatic carbocycles. The van der Waals surface area contributed by atoms with E-state index in [1.54, 1.807) is 12.1 Å². The van der Waals surface area contributed by atoms with Gasteiger partial charge in [0.2, 0.25) is 0 Å². The van der Waals surface area contributed by atoms with Crippen molar-refractivity contribution < 1.29 is 0 Å². The lowest BCUT2D eigenvalue weighted by Gasteiger charge is -2.16. The van der Waals surface area contributed by atoms with Crippen LogP contribution in [0.25, 0.3) is 0 Å². The van der Waals surface area contributed by atoms with Gasteiger partial charge < -0.3 is 11.1 Å². The van der Waals surface area contributed by atoms with E-state index in [4.69, 9.17) is 11.0 Å². The number of para-hydroxylation sites is 1. The third kappa shape index (κ3) is 2.75. The Bertz CT molecular complexity index is 632. The number of nitriles is 1. The summed E-state index contributed by atoms with van der Waals surface area (Å²) in [5.74, 6) is 0. The van der Waals surface area contributed by atoms with Gasteiger partial charge in [-0.25, -0.2) is 0 Å². The fourth-order valence-corrected chi connectivity index (χ4v) is 2.28. The second kappa shape index (κ2) is 6.12. The van der Waals surface area contributed by atoms with Crippen LogP contribution in [0.4, 0.5) is 17.1 Å². The molecule has 0 saturated carbocycles. The predicted molar refractivity (Wildman–Crippen MR) is 84.1 cm³/mol. The molecule has 0 aliphatic rings. The minimum absolute atomic E-state index is 0.576. The molecule has 2 aromatic carbocycles. The van der Waals surface area contributed by atoms with Crippen LogP contribution in [0.1, 0.15) is 30.5 Å². The largest absolute Gasteiger partial charge is 0.397 e. The van der Waals surface area contributed by atoms with Crippen LogP contribution >= 0.6 is 0 Å². The number of benzene rings is 2. The van der Waals surface area contributed by atoms with Crippen LogP contribution in [-0.4, -0.2) is 0 Å². The van der Waals surface area contributed by atoms with Gasteiger partial charge in [-0.3, -0.25) is 0 Å². The van der Waals surface area contributed by atoms with Gasteiger partial charge in [0.05, 0.1) is 23.0 Å². The number of nitrogens with zero attached hydrogens (tertiary/aromatic N) is 1. The average Bonchev–Trinajstić information content (AvgIpc) is 2.49. The minimum Gasteiger partial charge on any atom is -0.397 e. The van der Waals surface area contributed by atoms with E-state index in [1.165, 1.54) is 11.1 Å². The molecule has 0 fully saturated rings. The first-order chi connectivity index (χ1) is 9.69. The van der Waals surface area contributed by atoms with Crippen molar-refractivity contribution >= 4 is 17.1 Å². The van der Waals surface area contributed by atoms with E-state index in [0.717, 1.165) is 24.2 Å². The van der Waals surface area contributed by atoms with Gasteiger partial charge in [-0.15, -0.1) is 0 Å². The Morgan fingerprint density at radius 1 is 1.10 bits per heavy atom. The number of nitrogens with two attached hydrogens (primary N) is 1. The van der Waals surface area contributed by atoms with Gasteiger partial charge in [-0.1, -0.05) is 32.0 Å². The molecule has 0 aromatic heterocycles. The Kier molecular flexibility index (Phi) is 4.27. The number of hydrogen-bond donors (Lipinski definition) is 2. The molecule has 102 valence electrons. The van der Waals surface area contributed by atoms with Crippen molar-refractivity contribution in [2.45, 2.75) is 26.7 Å². The van der Waals surface area contributed by atoms with Crippen LogP contribution in [0.5, 0.6) is 0 Å². The standard InChI is InChI=1S/C17H19N3/c1-3-13-6-5-7-14(4-2)17(13)20-16-9-8-12(11-18)10-15(16)19/h5-10,20H,3-4,19H2,1-2H3. The molecule has 0 spiro atoms. The summed E-state index contributed by atoms with van der Waals surface area (Å²) in [4.78, 5) is 0. The Morgan fingerprint density at radius 2 is 1.75 bits per heavy atom. The highest BCUT2D eigenvalue weighted by atomic mass is 14.9. The van der Waals surface area contributed by atoms with E-state index in [2.05, 4.69) is 43.4 Å². The minimum atomic E-state index is 0.576. The zero-order chi connectivity index (χ0) is 14.5. The summed E-state index contributed by atoms with van der Waals surface area (Å²) in [5, 5.41) is 12.3. The molecular formula is C17H19N3. The maximum absolute atomic E-state index is 8.88. The SMILES string of the molecule is CCc1cccc(CC)c1Nc1ccc(C#N)cc1N. The Morgan fingerprint density at radius 3 is 2.25 bits per heavy atom. The van der Waals surface area contributed by atoms with Gasteiger partial charge in [0.15, 0.2) is 0 Å². The first-order valence-corrected chi connectivity index (χ1v) is 6.87. The van der Waals surface area contributed by atoms with Crippen molar-refractivity contribution in [3.8, 4) is 6.07 Å². The molecule has 3 nitrogen and oxygen atoms in total. The number of aryl methyl sites for hydroxylation is 2. The van der Waals surface area contributed by atoms with Crippen LogP contribution < -0.4 is 11.1 Å². The second-order valence-corrected chi connectivity index (χ2v) is 4.70. The lowest BCUT2D eigenvalue weighted by atomic mass is 10.0. The highest BCUT2D eigenvalue weighted by molar-refractivity contribution is 5.76. The van der Waals surface area contributed by atoms with Crippen LogP contribution in [0.15, 0.2) is 36.4 Å². The summed E-state index contributed by atoms with van der Waals surface area (Å²) in [6, 6.07) is 13.8. The lowest BCUT2D eigenvalue weighted by Crippen LogP contribution is -2.02. The molecule has 0 amide bonds. The zero-order valence-corrected chi connectivity index (χ0v) is 11.9. The van der Waals surface area contributed by atoms with E-state index in [-0.39, 0.29) is 0 Å². The third-order valence-corrected chi connectivity index (χ3v) is 3.44. The molecule has 3 N–H and O–H groups in total. The average molecular weight is 265 g/mol. The molecular weight excluding hydrogens is 246 g/mol. The van der Waals surface area contributed by atoms with E-state index in [9.17, 15) is 0 Å². The van der Waals surface area contributed by atoms with Gasteiger partial charge in [-0.2, -0.15) is 5.26 Å². The van der Waals surface area contributed by atoms with E-state index in [0.29, 0.717) is 11.3 Å². The van der Waals surface area contributed by atoms with Crippen molar-refractivity contribution in [2.24, 2.45) is 0 Å². The molecule has 0 radical (unpaired) electrons. The number of nitrogen functional groups attached to an aromatic ring is 1. The van der Waals surface area contributed by atoms with E-state index < -0.39 is 0 Å². The normalized spacial score (nSPS) is 10.1.